The molecule has 1 saturated carbocycles. The summed E-state index contributed by atoms with van der Waals surface area (Å²) in [5.41, 5.74) is 0.717. The van der Waals surface area contributed by atoms with Crippen LogP contribution in [-0.2, 0) is 21.2 Å². The molecule has 1 aliphatic carbocycles. The summed E-state index contributed by atoms with van der Waals surface area (Å²) in [6.07, 6.45) is 8.09. The van der Waals surface area contributed by atoms with Crippen molar-refractivity contribution in [2.75, 3.05) is 11.5 Å². The van der Waals surface area contributed by atoms with Crippen LogP contribution < -0.4 is 0 Å². The summed E-state index contributed by atoms with van der Waals surface area (Å²) in [4.78, 5) is 15.1. The maximum Gasteiger partial charge on any atom is 0.226 e. The Balaban J connectivity index is 1.70. The molecule has 0 bridgehead atoms. The van der Waals surface area contributed by atoms with E-state index in [9.17, 15) is 17.6 Å². The first-order valence-electron chi connectivity index (χ1n) is 10.6. The van der Waals surface area contributed by atoms with Crippen molar-refractivity contribution in [3.05, 3.63) is 35.6 Å². The van der Waals surface area contributed by atoms with Gasteiger partial charge in [0.15, 0.2) is 9.84 Å². The summed E-state index contributed by atoms with van der Waals surface area (Å²) < 4.78 is 37.6. The molecular formula is C22H32FNO3S. The van der Waals surface area contributed by atoms with Crippen molar-refractivity contribution in [1.82, 2.24) is 4.90 Å². The van der Waals surface area contributed by atoms with E-state index in [4.69, 9.17) is 0 Å². The van der Waals surface area contributed by atoms with E-state index in [1.807, 2.05) is 0 Å². The molecule has 0 unspecified atom stereocenters. The van der Waals surface area contributed by atoms with Gasteiger partial charge in [-0.15, -0.1) is 0 Å². The highest BCUT2D eigenvalue weighted by Crippen LogP contribution is 2.34. The van der Waals surface area contributed by atoms with Crippen LogP contribution in [0.4, 0.5) is 4.39 Å². The fourth-order valence-electron chi connectivity index (χ4n) is 4.67. The van der Waals surface area contributed by atoms with Gasteiger partial charge in [-0.1, -0.05) is 38.3 Å². The van der Waals surface area contributed by atoms with E-state index in [2.05, 4.69) is 6.92 Å². The van der Waals surface area contributed by atoms with Crippen molar-refractivity contribution in [2.24, 2.45) is 11.8 Å². The molecule has 156 valence electrons. The third-order valence-electron chi connectivity index (χ3n) is 6.34. The van der Waals surface area contributed by atoms with Gasteiger partial charge in [-0.05, 0) is 55.7 Å². The number of unbranched alkanes of at least 4 members (excludes halogenated alkanes) is 1. The number of nitrogens with zero attached hydrogens (tertiary/aromatic N) is 1. The van der Waals surface area contributed by atoms with Gasteiger partial charge in [0, 0.05) is 18.5 Å². The molecule has 2 fully saturated rings. The lowest BCUT2D eigenvalue weighted by molar-refractivity contribution is -0.139. The second-order valence-electron chi connectivity index (χ2n) is 8.51. The predicted octanol–water partition coefficient (Wildman–Crippen LogP) is 4.34. The highest BCUT2D eigenvalue weighted by atomic mass is 32.2. The summed E-state index contributed by atoms with van der Waals surface area (Å²) in [5, 5.41) is 0. The molecule has 0 radical (unpaired) electrons. The van der Waals surface area contributed by atoms with Gasteiger partial charge < -0.3 is 4.90 Å². The molecule has 1 saturated heterocycles. The van der Waals surface area contributed by atoms with Crippen LogP contribution in [0.2, 0.25) is 0 Å². The molecule has 1 aromatic rings. The van der Waals surface area contributed by atoms with E-state index >= 15 is 0 Å². The van der Waals surface area contributed by atoms with Gasteiger partial charge in [-0.3, -0.25) is 4.79 Å². The van der Waals surface area contributed by atoms with Crippen LogP contribution in [-0.4, -0.2) is 36.8 Å². The number of amides is 1. The van der Waals surface area contributed by atoms with E-state index in [0.717, 1.165) is 25.7 Å². The zero-order chi connectivity index (χ0) is 20.1. The standard InChI is InChI=1S/C22H32FNO3S/c1-2-3-5-17-8-10-19(11-9-17)22(25)24(21-12-13-28(26,27)16-21)15-18-6-4-7-20(23)14-18/h4,6-7,14,17,19,21H,2-3,5,8-13,15-16H2,1H3/t17?,19?,21-/m1/s1. The van der Waals surface area contributed by atoms with Gasteiger partial charge in [0.2, 0.25) is 5.91 Å². The van der Waals surface area contributed by atoms with Crippen molar-refractivity contribution >= 4 is 15.7 Å². The second-order valence-corrected chi connectivity index (χ2v) is 10.7. The van der Waals surface area contributed by atoms with Crippen molar-refractivity contribution in [1.29, 1.82) is 0 Å². The molecule has 2 aliphatic rings. The van der Waals surface area contributed by atoms with Gasteiger partial charge in [0.05, 0.1) is 11.5 Å². The highest BCUT2D eigenvalue weighted by molar-refractivity contribution is 7.91. The summed E-state index contributed by atoms with van der Waals surface area (Å²) >= 11 is 0. The highest BCUT2D eigenvalue weighted by Gasteiger charge is 2.38. The Bertz CT molecular complexity index is 772. The summed E-state index contributed by atoms with van der Waals surface area (Å²) in [6.45, 7) is 2.49. The molecule has 0 aromatic heterocycles. The Morgan fingerprint density at radius 2 is 1.93 bits per heavy atom. The Kier molecular flexibility index (Phi) is 7.13. The fourth-order valence-corrected chi connectivity index (χ4v) is 6.40. The molecule has 0 spiro atoms. The van der Waals surface area contributed by atoms with Crippen molar-refractivity contribution in [3.63, 3.8) is 0 Å². The van der Waals surface area contributed by atoms with Gasteiger partial charge in [-0.2, -0.15) is 0 Å². The average molecular weight is 410 g/mol. The first kappa shape index (κ1) is 21.3. The van der Waals surface area contributed by atoms with Crippen LogP contribution in [0.15, 0.2) is 24.3 Å². The van der Waals surface area contributed by atoms with Gasteiger partial charge in [0.25, 0.3) is 0 Å². The summed E-state index contributed by atoms with van der Waals surface area (Å²) in [7, 11) is -3.09. The number of benzene rings is 1. The summed E-state index contributed by atoms with van der Waals surface area (Å²) in [6, 6.07) is 5.96. The summed E-state index contributed by atoms with van der Waals surface area (Å²) in [5.74, 6) is 0.566. The number of carbonyl (C=O) groups is 1. The number of hydrogen-bond acceptors (Lipinski definition) is 3. The van der Waals surface area contributed by atoms with Crippen LogP contribution in [0.1, 0.15) is 63.9 Å². The van der Waals surface area contributed by atoms with E-state index in [1.54, 1.807) is 17.0 Å². The quantitative estimate of drug-likeness (QED) is 0.673. The van der Waals surface area contributed by atoms with E-state index in [-0.39, 0.29) is 41.7 Å². The van der Waals surface area contributed by atoms with Crippen molar-refractivity contribution in [2.45, 2.75) is 70.9 Å². The van der Waals surface area contributed by atoms with Crippen molar-refractivity contribution < 1.29 is 17.6 Å². The molecular weight excluding hydrogens is 377 g/mol. The smallest absolute Gasteiger partial charge is 0.226 e. The molecule has 3 rings (SSSR count). The normalized spacial score (nSPS) is 26.9. The van der Waals surface area contributed by atoms with Crippen LogP contribution in [0.5, 0.6) is 0 Å². The zero-order valence-electron chi connectivity index (χ0n) is 16.8. The topological polar surface area (TPSA) is 54.5 Å². The largest absolute Gasteiger partial charge is 0.334 e. The Morgan fingerprint density at radius 3 is 2.54 bits per heavy atom. The zero-order valence-corrected chi connectivity index (χ0v) is 17.6. The molecule has 28 heavy (non-hydrogen) atoms. The molecule has 1 atom stereocenters. The van der Waals surface area contributed by atoms with E-state index in [1.165, 1.54) is 31.4 Å². The molecule has 1 amide bonds. The van der Waals surface area contributed by atoms with Crippen LogP contribution in [0.25, 0.3) is 0 Å². The minimum absolute atomic E-state index is 0.0277. The minimum atomic E-state index is -3.09. The first-order chi connectivity index (χ1) is 13.4. The van der Waals surface area contributed by atoms with Gasteiger partial charge in [0.1, 0.15) is 5.82 Å². The third-order valence-corrected chi connectivity index (χ3v) is 8.09. The molecule has 1 aliphatic heterocycles. The SMILES string of the molecule is CCCCC1CCC(C(=O)N(Cc2cccc(F)c2)[C@@H]2CCS(=O)(=O)C2)CC1. The number of halogens is 1. The van der Waals surface area contributed by atoms with Crippen LogP contribution in [0.3, 0.4) is 0 Å². The molecule has 1 aromatic carbocycles. The van der Waals surface area contributed by atoms with Gasteiger partial charge >= 0.3 is 0 Å². The number of rotatable bonds is 7. The number of hydrogen-bond donors (Lipinski definition) is 0. The fraction of sp³-hybridized carbons (Fsp3) is 0.682. The number of carbonyl (C=O) groups excluding carboxylic acids is 1. The van der Waals surface area contributed by atoms with Crippen LogP contribution >= 0.6 is 0 Å². The maximum atomic E-state index is 13.6. The molecule has 6 heteroatoms. The second kappa shape index (κ2) is 9.38. The first-order valence-corrected chi connectivity index (χ1v) is 12.5. The molecule has 4 nitrogen and oxygen atoms in total. The van der Waals surface area contributed by atoms with Gasteiger partial charge in [-0.25, -0.2) is 12.8 Å². The number of sulfone groups is 1. The molecule has 0 N–H and O–H groups in total. The van der Waals surface area contributed by atoms with Crippen molar-refractivity contribution in [3.8, 4) is 0 Å². The van der Waals surface area contributed by atoms with E-state index < -0.39 is 9.84 Å². The Labute approximate surface area is 168 Å². The lowest BCUT2D eigenvalue weighted by Crippen LogP contribution is -2.44. The lowest BCUT2D eigenvalue weighted by Gasteiger charge is -2.35. The molecule has 1 heterocycles. The Hall–Kier alpha value is -1.43. The average Bonchev–Trinajstić information content (AvgIpc) is 3.04. The Morgan fingerprint density at radius 1 is 1.18 bits per heavy atom. The maximum absolute atomic E-state index is 13.6. The predicted molar refractivity (Wildman–Crippen MR) is 109 cm³/mol. The third kappa shape index (κ3) is 5.56. The minimum Gasteiger partial charge on any atom is -0.334 e. The lowest BCUT2D eigenvalue weighted by atomic mass is 9.79. The van der Waals surface area contributed by atoms with Crippen LogP contribution in [0, 0.1) is 17.7 Å². The monoisotopic (exact) mass is 409 g/mol. The van der Waals surface area contributed by atoms with E-state index in [0.29, 0.717) is 17.9 Å².